The van der Waals surface area contributed by atoms with Crippen LogP contribution in [-0.4, -0.2) is 39.8 Å². The highest BCUT2D eigenvalue weighted by Gasteiger charge is 2.38. The summed E-state index contributed by atoms with van der Waals surface area (Å²) in [5.41, 5.74) is 8.95. The fourth-order valence-corrected chi connectivity index (χ4v) is 4.74. The maximum absolute atomic E-state index is 12.4. The van der Waals surface area contributed by atoms with Crippen LogP contribution < -0.4 is 11.2 Å². The number of nitrogens with zero attached hydrogens (tertiary/aromatic N) is 4. The summed E-state index contributed by atoms with van der Waals surface area (Å²) >= 11 is 0. The van der Waals surface area contributed by atoms with Crippen molar-refractivity contribution < 1.29 is 23.2 Å². The predicted octanol–water partition coefficient (Wildman–Crippen LogP) is 3.34. The molecule has 1 aliphatic rings. The Balaban J connectivity index is 1.37. The van der Waals surface area contributed by atoms with E-state index in [1.165, 1.54) is 17.7 Å². The van der Waals surface area contributed by atoms with E-state index in [1.54, 1.807) is 0 Å². The fourth-order valence-electron chi connectivity index (χ4n) is 4.01. The third-order valence-corrected chi connectivity index (χ3v) is 6.75. The first-order valence-electron chi connectivity index (χ1n) is 10.9. The van der Waals surface area contributed by atoms with Crippen molar-refractivity contribution in [1.29, 1.82) is 0 Å². The van der Waals surface area contributed by atoms with Gasteiger partial charge in [0.25, 0.3) is 5.56 Å². The number of nitrogens with one attached hydrogen (secondary N) is 1. The SMILES string of the molecule is Cc1cn([C@H]2C[C@H](N=[N+]=[N-])[C@@H](COP(=O)(O)OCCc3cccc4ccccc34)O2)c(=O)[nH]c1=O. The zero-order valence-electron chi connectivity index (χ0n) is 18.8. The second-order valence-electron chi connectivity index (χ2n) is 8.10. The maximum atomic E-state index is 12.4. The van der Waals surface area contributed by atoms with Crippen molar-refractivity contribution in [3.8, 4) is 0 Å². The van der Waals surface area contributed by atoms with Gasteiger partial charge in [0.1, 0.15) is 6.23 Å². The summed E-state index contributed by atoms with van der Waals surface area (Å²) in [4.78, 5) is 38.9. The van der Waals surface area contributed by atoms with Gasteiger partial charge in [0.05, 0.1) is 25.4 Å². The van der Waals surface area contributed by atoms with E-state index >= 15 is 0 Å². The number of aryl methyl sites for hydroxylation is 1. The highest BCUT2D eigenvalue weighted by atomic mass is 31.2. The molecule has 3 aromatic rings. The Kier molecular flexibility index (Phi) is 7.51. The number of azide groups is 1. The largest absolute Gasteiger partial charge is 0.472 e. The molecule has 1 aromatic heterocycles. The Morgan fingerprint density at radius 2 is 2.03 bits per heavy atom. The summed E-state index contributed by atoms with van der Waals surface area (Å²) in [6, 6.07) is 12.9. The van der Waals surface area contributed by atoms with E-state index in [0.717, 1.165) is 16.3 Å². The van der Waals surface area contributed by atoms with E-state index < -0.39 is 44.1 Å². The molecule has 0 saturated carbocycles. The average molecular weight is 501 g/mol. The van der Waals surface area contributed by atoms with E-state index in [9.17, 15) is 19.0 Å². The summed E-state index contributed by atoms with van der Waals surface area (Å²) in [6.07, 6.45) is 0.0914. The quantitative estimate of drug-likeness (QED) is 0.196. The number of aromatic amines is 1. The van der Waals surface area contributed by atoms with Gasteiger partial charge in [-0.1, -0.05) is 47.6 Å². The molecule has 4 atom stereocenters. The summed E-state index contributed by atoms with van der Waals surface area (Å²) < 4.78 is 29.6. The van der Waals surface area contributed by atoms with Crippen LogP contribution in [-0.2, 0) is 24.8 Å². The van der Waals surface area contributed by atoms with E-state index in [0.29, 0.717) is 12.0 Å². The predicted molar refractivity (Wildman–Crippen MR) is 127 cm³/mol. The van der Waals surface area contributed by atoms with Gasteiger partial charge in [-0.15, -0.1) is 0 Å². The van der Waals surface area contributed by atoms with Gasteiger partial charge < -0.3 is 9.63 Å². The molecule has 0 spiro atoms. The standard InChI is InChI=1S/C22H24N5O7P/c1-14-12-27(22(29)24-21(14)28)20-11-18(25-26-23)19(34-20)13-33-35(30,31)32-10-9-16-7-4-6-15-5-2-3-8-17(15)16/h2-8,12,18-20H,9-11,13H2,1H3,(H,30,31)(H,24,28,29)/t18-,19+,20+/m0/s1. The van der Waals surface area contributed by atoms with Crippen LogP contribution in [0.2, 0.25) is 0 Å². The van der Waals surface area contributed by atoms with Gasteiger partial charge in [0.2, 0.25) is 0 Å². The van der Waals surface area contributed by atoms with Crippen LogP contribution in [0.3, 0.4) is 0 Å². The van der Waals surface area contributed by atoms with Gasteiger partial charge in [-0.3, -0.25) is 23.4 Å². The van der Waals surface area contributed by atoms with Crippen molar-refractivity contribution in [2.24, 2.45) is 5.11 Å². The number of phosphoric acid groups is 1. The Morgan fingerprint density at radius 1 is 1.26 bits per heavy atom. The van der Waals surface area contributed by atoms with Gasteiger partial charge in [0, 0.05) is 23.1 Å². The normalized spacial score (nSPS) is 21.5. The molecule has 0 aliphatic carbocycles. The highest BCUT2D eigenvalue weighted by molar-refractivity contribution is 7.47. The van der Waals surface area contributed by atoms with E-state index in [1.807, 2.05) is 42.5 Å². The van der Waals surface area contributed by atoms with Gasteiger partial charge in [0.15, 0.2) is 0 Å². The molecule has 2 N–H and O–H groups in total. The third-order valence-electron chi connectivity index (χ3n) is 5.77. The molecular weight excluding hydrogens is 477 g/mol. The lowest BCUT2D eigenvalue weighted by molar-refractivity contribution is -0.0283. The lowest BCUT2D eigenvalue weighted by atomic mass is 10.0. The van der Waals surface area contributed by atoms with Crippen molar-refractivity contribution in [1.82, 2.24) is 9.55 Å². The molecule has 13 heteroatoms. The number of benzene rings is 2. The number of ether oxygens (including phenoxy) is 1. The molecule has 1 fully saturated rings. The Morgan fingerprint density at radius 3 is 2.83 bits per heavy atom. The van der Waals surface area contributed by atoms with Crippen LogP contribution in [0.5, 0.6) is 0 Å². The smallest absolute Gasteiger partial charge is 0.352 e. The lowest BCUT2D eigenvalue weighted by Crippen LogP contribution is -2.33. The van der Waals surface area contributed by atoms with Gasteiger partial charge in [-0.25, -0.2) is 9.36 Å². The number of rotatable bonds is 9. The Bertz CT molecular complexity index is 1430. The van der Waals surface area contributed by atoms with Crippen molar-refractivity contribution in [2.45, 2.75) is 38.1 Å². The molecule has 2 aromatic carbocycles. The zero-order chi connectivity index (χ0) is 25.0. The molecule has 0 bridgehead atoms. The van der Waals surface area contributed by atoms with E-state index in [-0.39, 0.29) is 13.0 Å². The number of phosphoric ester groups is 1. The monoisotopic (exact) mass is 501 g/mol. The first-order valence-corrected chi connectivity index (χ1v) is 12.4. The van der Waals surface area contributed by atoms with Crippen LogP contribution in [0.4, 0.5) is 0 Å². The molecule has 2 heterocycles. The maximum Gasteiger partial charge on any atom is 0.472 e. The average Bonchev–Trinajstić information content (AvgIpc) is 3.23. The number of H-pyrrole nitrogens is 1. The summed E-state index contributed by atoms with van der Waals surface area (Å²) in [6.45, 7) is 1.08. The lowest BCUT2D eigenvalue weighted by Gasteiger charge is -2.18. The summed E-state index contributed by atoms with van der Waals surface area (Å²) in [5.74, 6) is 0. The first kappa shape index (κ1) is 24.9. The highest BCUT2D eigenvalue weighted by Crippen LogP contribution is 2.44. The molecule has 4 rings (SSSR count). The number of aromatic nitrogens is 2. The van der Waals surface area contributed by atoms with Crippen LogP contribution >= 0.6 is 7.82 Å². The Hall–Kier alpha value is -3.24. The van der Waals surface area contributed by atoms with E-state index in [4.69, 9.17) is 19.3 Å². The van der Waals surface area contributed by atoms with Crippen LogP contribution in [0, 0.1) is 6.92 Å². The van der Waals surface area contributed by atoms with Crippen LogP contribution in [0.15, 0.2) is 63.4 Å². The number of hydrogen-bond donors (Lipinski definition) is 2. The second kappa shape index (κ2) is 10.6. The molecule has 0 amide bonds. The zero-order valence-corrected chi connectivity index (χ0v) is 19.7. The number of fused-ring (bicyclic) bond motifs is 1. The minimum Gasteiger partial charge on any atom is -0.352 e. The van der Waals surface area contributed by atoms with Crippen molar-refractivity contribution in [2.75, 3.05) is 13.2 Å². The molecule has 1 unspecified atom stereocenters. The van der Waals surface area contributed by atoms with Crippen molar-refractivity contribution in [3.63, 3.8) is 0 Å². The van der Waals surface area contributed by atoms with Crippen molar-refractivity contribution >= 4 is 18.6 Å². The second-order valence-corrected chi connectivity index (χ2v) is 9.56. The fraction of sp³-hybridized carbons (Fsp3) is 0.364. The Labute approximate surface area is 199 Å². The summed E-state index contributed by atoms with van der Waals surface area (Å²) in [7, 11) is -4.43. The molecule has 0 radical (unpaired) electrons. The van der Waals surface area contributed by atoms with Gasteiger partial charge >= 0.3 is 13.5 Å². The molecule has 12 nitrogen and oxygen atoms in total. The topological polar surface area (TPSA) is 169 Å². The minimum atomic E-state index is -4.43. The molecule has 184 valence electrons. The molecule has 35 heavy (non-hydrogen) atoms. The van der Waals surface area contributed by atoms with E-state index in [2.05, 4.69) is 15.0 Å². The van der Waals surface area contributed by atoms with Crippen LogP contribution in [0.25, 0.3) is 21.2 Å². The minimum absolute atomic E-state index is 0.0538. The first-order chi connectivity index (χ1) is 16.8. The van der Waals surface area contributed by atoms with Crippen molar-refractivity contribution in [3.05, 3.63) is 91.1 Å². The molecular formula is C22H24N5O7P. The van der Waals surface area contributed by atoms with Gasteiger partial charge in [-0.2, -0.15) is 0 Å². The molecule has 1 saturated heterocycles. The number of hydrogen-bond acceptors (Lipinski definition) is 7. The molecule has 1 aliphatic heterocycles. The van der Waals surface area contributed by atoms with Gasteiger partial charge in [-0.05, 0) is 35.2 Å². The third kappa shape index (κ3) is 5.88. The van der Waals surface area contributed by atoms with Crippen LogP contribution in [0.1, 0.15) is 23.8 Å². The summed E-state index contributed by atoms with van der Waals surface area (Å²) in [5, 5.41) is 5.75.